The fraction of sp³-hybridized carbons (Fsp3) is 0.308. The first-order valence-electron chi connectivity index (χ1n) is 5.56. The fourth-order valence-electron chi connectivity index (χ4n) is 1.99. The van der Waals surface area contributed by atoms with Gasteiger partial charge in [0.15, 0.2) is 0 Å². The molecule has 0 amide bonds. The van der Waals surface area contributed by atoms with Crippen LogP contribution in [0, 0.1) is 6.92 Å². The second kappa shape index (κ2) is 3.74. The van der Waals surface area contributed by atoms with Gasteiger partial charge in [0, 0.05) is 22.3 Å². The molecule has 16 heavy (non-hydrogen) atoms. The summed E-state index contributed by atoms with van der Waals surface area (Å²) in [6.45, 7) is 2.11. The minimum Gasteiger partial charge on any atom is -0.236 e. The van der Waals surface area contributed by atoms with E-state index < -0.39 is 0 Å². The van der Waals surface area contributed by atoms with Crippen LogP contribution in [0.4, 0.5) is 0 Å². The molecule has 0 atom stereocenters. The van der Waals surface area contributed by atoms with Crippen LogP contribution in [0.1, 0.15) is 30.0 Å². The maximum atomic E-state index is 4.44. The molecule has 0 bridgehead atoms. The van der Waals surface area contributed by atoms with E-state index >= 15 is 0 Å². The quantitative estimate of drug-likeness (QED) is 0.816. The zero-order chi connectivity index (χ0) is 11.1. The molecule has 2 nitrogen and oxygen atoms in total. The summed E-state index contributed by atoms with van der Waals surface area (Å²) in [5, 5.41) is 4.44. The molecule has 3 rings (SSSR count). The van der Waals surface area contributed by atoms with Crippen LogP contribution in [0.15, 0.2) is 34.9 Å². The molecule has 3 heteroatoms. The summed E-state index contributed by atoms with van der Waals surface area (Å²) in [4.78, 5) is 0. The summed E-state index contributed by atoms with van der Waals surface area (Å²) in [6, 6.07) is 8.49. The van der Waals surface area contributed by atoms with Crippen LogP contribution in [0.3, 0.4) is 0 Å². The first-order valence-corrected chi connectivity index (χ1v) is 6.35. The molecule has 1 aromatic carbocycles. The molecular formula is C13H13BrN2. The summed E-state index contributed by atoms with van der Waals surface area (Å²) in [5.41, 5.74) is 3.74. The first-order chi connectivity index (χ1) is 7.75. The molecule has 1 fully saturated rings. The standard InChI is InChI=1S/C13H13BrN2/c1-9-2-5-11(14)13(8-9)16-12(6-7-15-16)10-3-4-10/h2,5-8,10H,3-4H2,1H3. The van der Waals surface area contributed by atoms with E-state index in [4.69, 9.17) is 0 Å². The van der Waals surface area contributed by atoms with Crippen molar-refractivity contribution in [3.05, 3.63) is 46.2 Å². The molecule has 1 heterocycles. The molecule has 0 unspecified atom stereocenters. The van der Waals surface area contributed by atoms with E-state index in [1.165, 1.54) is 24.1 Å². The average Bonchev–Trinajstić information content (AvgIpc) is 3.01. The van der Waals surface area contributed by atoms with Crippen LogP contribution < -0.4 is 0 Å². The molecule has 2 aromatic rings. The van der Waals surface area contributed by atoms with E-state index in [9.17, 15) is 0 Å². The Balaban J connectivity index is 2.13. The third-order valence-corrected chi connectivity index (χ3v) is 3.67. The van der Waals surface area contributed by atoms with Gasteiger partial charge in [0.25, 0.3) is 0 Å². The number of nitrogens with zero attached hydrogens (tertiary/aromatic N) is 2. The summed E-state index contributed by atoms with van der Waals surface area (Å²) in [5.74, 6) is 0.718. The molecule has 1 aliphatic rings. The monoisotopic (exact) mass is 276 g/mol. The predicted molar refractivity (Wildman–Crippen MR) is 68.0 cm³/mol. The van der Waals surface area contributed by atoms with Gasteiger partial charge in [0.2, 0.25) is 0 Å². The third-order valence-electron chi connectivity index (χ3n) is 3.00. The number of rotatable bonds is 2. The minimum absolute atomic E-state index is 0.718. The zero-order valence-electron chi connectivity index (χ0n) is 9.15. The molecule has 0 radical (unpaired) electrons. The number of hydrogen-bond donors (Lipinski definition) is 0. The minimum atomic E-state index is 0.718. The highest BCUT2D eigenvalue weighted by molar-refractivity contribution is 9.10. The lowest BCUT2D eigenvalue weighted by molar-refractivity contribution is 0.804. The lowest BCUT2D eigenvalue weighted by Gasteiger charge is -2.09. The van der Waals surface area contributed by atoms with Crippen LogP contribution in [-0.4, -0.2) is 9.78 Å². The highest BCUT2D eigenvalue weighted by Crippen LogP contribution is 2.41. The Morgan fingerprint density at radius 1 is 1.31 bits per heavy atom. The van der Waals surface area contributed by atoms with E-state index in [0.29, 0.717) is 0 Å². The van der Waals surface area contributed by atoms with Crippen molar-refractivity contribution in [1.29, 1.82) is 0 Å². The maximum absolute atomic E-state index is 4.44. The Morgan fingerprint density at radius 2 is 2.12 bits per heavy atom. The lowest BCUT2D eigenvalue weighted by atomic mass is 10.2. The van der Waals surface area contributed by atoms with Gasteiger partial charge in [0.05, 0.1) is 5.69 Å². The van der Waals surface area contributed by atoms with Crippen molar-refractivity contribution < 1.29 is 0 Å². The van der Waals surface area contributed by atoms with Crippen LogP contribution in [0.2, 0.25) is 0 Å². The Labute approximate surface area is 103 Å². The normalized spacial score (nSPS) is 15.4. The van der Waals surface area contributed by atoms with Gasteiger partial charge in [-0.2, -0.15) is 5.10 Å². The van der Waals surface area contributed by atoms with Crippen LogP contribution in [0.5, 0.6) is 0 Å². The van der Waals surface area contributed by atoms with Crippen molar-refractivity contribution in [1.82, 2.24) is 9.78 Å². The van der Waals surface area contributed by atoms with Gasteiger partial charge >= 0.3 is 0 Å². The second-order valence-corrected chi connectivity index (χ2v) is 5.25. The molecule has 1 aliphatic carbocycles. The fourth-order valence-corrected chi connectivity index (χ4v) is 2.40. The number of hydrogen-bond acceptors (Lipinski definition) is 1. The smallest absolute Gasteiger partial charge is 0.0793 e. The van der Waals surface area contributed by atoms with Gasteiger partial charge in [-0.25, -0.2) is 4.68 Å². The molecule has 1 saturated carbocycles. The van der Waals surface area contributed by atoms with Crippen LogP contribution >= 0.6 is 15.9 Å². The lowest BCUT2D eigenvalue weighted by Crippen LogP contribution is -2.02. The van der Waals surface area contributed by atoms with E-state index in [1.807, 2.05) is 6.20 Å². The average molecular weight is 277 g/mol. The molecule has 82 valence electrons. The van der Waals surface area contributed by atoms with Gasteiger partial charge in [-0.3, -0.25) is 0 Å². The largest absolute Gasteiger partial charge is 0.236 e. The Morgan fingerprint density at radius 3 is 2.88 bits per heavy atom. The molecular weight excluding hydrogens is 264 g/mol. The Bertz CT molecular complexity index is 526. The van der Waals surface area contributed by atoms with Gasteiger partial charge in [-0.1, -0.05) is 6.07 Å². The van der Waals surface area contributed by atoms with E-state index in [-0.39, 0.29) is 0 Å². The zero-order valence-corrected chi connectivity index (χ0v) is 10.7. The molecule has 0 spiro atoms. The summed E-state index contributed by atoms with van der Waals surface area (Å²) < 4.78 is 3.16. The van der Waals surface area contributed by atoms with Crippen molar-refractivity contribution in [2.45, 2.75) is 25.7 Å². The molecule has 0 aliphatic heterocycles. The molecule has 1 aromatic heterocycles. The molecule has 0 N–H and O–H groups in total. The van der Waals surface area contributed by atoms with Gasteiger partial charge in [0.1, 0.15) is 0 Å². The van der Waals surface area contributed by atoms with Gasteiger partial charge < -0.3 is 0 Å². The van der Waals surface area contributed by atoms with E-state index in [2.05, 4.69) is 56.9 Å². The highest BCUT2D eigenvalue weighted by atomic mass is 79.9. The number of aryl methyl sites for hydroxylation is 1. The van der Waals surface area contributed by atoms with Crippen molar-refractivity contribution in [3.63, 3.8) is 0 Å². The first kappa shape index (κ1) is 10.1. The van der Waals surface area contributed by atoms with Gasteiger partial charge in [-0.15, -0.1) is 0 Å². The van der Waals surface area contributed by atoms with E-state index in [1.54, 1.807) is 0 Å². The van der Waals surface area contributed by atoms with Crippen LogP contribution in [0.25, 0.3) is 5.69 Å². The topological polar surface area (TPSA) is 17.8 Å². The number of aromatic nitrogens is 2. The summed E-state index contributed by atoms with van der Waals surface area (Å²) in [7, 11) is 0. The molecule has 0 saturated heterocycles. The van der Waals surface area contributed by atoms with Crippen LogP contribution in [-0.2, 0) is 0 Å². The second-order valence-electron chi connectivity index (χ2n) is 4.40. The number of benzene rings is 1. The van der Waals surface area contributed by atoms with Crippen molar-refractivity contribution in [2.24, 2.45) is 0 Å². The predicted octanol–water partition coefficient (Wildman–Crippen LogP) is 3.82. The van der Waals surface area contributed by atoms with Crippen molar-refractivity contribution in [3.8, 4) is 5.69 Å². The Kier molecular flexibility index (Phi) is 2.36. The summed E-state index contributed by atoms with van der Waals surface area (Å²) in [6.07, 6.45) is 4.49. The summed E-state index contributed by atoms with van der Waals surface area (Å²) >= 11 is 3.59. The highest BCUT2D eigenvalue weighted by Gasteiger charge is 2.27. The number of halogens is 1. The Hall–Kier alpha value is -1.09. The third kappa shape index (κ3) is 1.69. The van der Waals surface area contributed by atoms with E-state index in [0.717, 1.165) is 16.1 Å². The van der Waals surface area contributed by atoms with Crippen molar-refractivity contribution >= 4 is 15.9 Å². The van der Waals surface area contributed by atoms with Crippen molar-refractivity contribution in [2.75, 3.05) is 0 Å². The van der Waals surface area contributed by atoms with Gasteiger partial charge in [-0.05, 0) is 59.5 Å². The maximum Gasteiger partial charge on any atom is 0.0793 e. The SMILES string of the molecule is Cc1ccc(Br)c(-n2nccc2C2CC2)c1.